The Bertz CT molecular complexity index is 425. The lowest BCUT2D eigenvalue weighted by Gasteiger charge is -2.10. The molecule has 1 fully saturated rings. The van der Waals surface area contributed by atoms with E-state index in [9.17, 15) is 0 Å². The van der Waals surface area contributed by atoms with Gasteiger partial charge in [0, 0.05) is 19.3 Å². The number of aromatic nitrogens is 5. The molecule has 15 heavy (non-hydrogen) atoms. The minimum Gasteiger partial charge on any atom is -0.340 e. The summed E-state index contributed by atoms with van der Waals surface area (Å²) in [6.07, 6.45) is 4.16. The third kappa shape index (κ3) is 1.47. The summed E-state index contributed by atoms with van der Waals surface area (Å²) in [4.78, 5) is 6.61. The highest BCUT2D eigenvalue weighted by molar-refractivity contribution is 5.50. The van der Waals surface area contributed by atoms with Crippen LogP contribution in [0.2, 0.25) is 0 Å². The van der Waals surface area contributed by atoms with E-state index < -0.39 is 0 Å². The van der Waals surface area contributed by atoms with Crippen molar-refractivity contribution in [3.8, 4) is 11.5 Å². The van der Waals surface area contributed by atoms with E-state index in [0.29, 0.717) is 0 Å². The van der Waals surface area contributed by atoms with Gasteiger partial charge in [-0.05, 0) is 18.9 Å². The van der Waals surface area contributed by atoms with Crippen molar-refractivity contribution in [1.82, 2.24) is 25.4 Å². The Hall–Kier alpha value is -1.85. The molecule has 2 aromatic rings. The van der Waals surface area contributed by atoms with Crippen LogP contribution >= 0.6 is 0 Å². The maximum absolute atomic E-state index is 4.42. The fourth-order valence-corrected chi connectivity index (χ4v) is 1.82. The van der Waals surface area contributed by atoms with Crippen LogP contribution in [-0.2, 0) is 0 Å². The van der Waals surface area contributed by atoms with E-state index in [4.69, 9.17) is 0 Å². The van der Waals surface area contributed by atoms with Gasteiger partial charge >= 0.3 is 0 Å². The Morgan fingerprint density at radius 3 is 2.80 bits per heavy atom. The second-order valence-electron chi connectivity index (χ2n) is 3.65. The SMILES string of the molecule is c1cc(-c2nc(N3CCCC3)n[nH]2)[nH]n1. The first-order chi connectivity index (χ1) is 7.43. The maximum atomic E-state index is 4.42. The van der Waals surface area contributed by atoms with E-state index in [0.717, 1.165) is 30.6 Å². The van der Waals surface area contributed by atoms with Gasteiger partial charge in [-0.15, -0.1) is 5.10 Å². The molecule has 6 heteroatoms. The van der Waals surface area contributed by atoms with Gasteiger partial charge in [-0.1, -0.05) is 0 Å². The summed E-state index contributed by atoms with van der Waals surface area (Å²) in [6, 6.07) is 1.87. The topological polar surface area (TPSA) is 73.5 Å². The number of H-pyrrole nitrogens is 2. The Kier molecular flexibility index (Phi) is 1.90. The lowest BCUT2D eigenvalue weighted by Crippen LogP contribution is -2.18. The molecule has 0 atom stereocenters. The molecule has 3 heterocycles. The number of rotatable bonds is 2. The van der Waals surface area contributed by atoms with E-state index in [1.807, 2.05) is 6.07 Å². The molecule has 0 aliphatic carbocycles. The third-order valence-electron chi connectivity index (χ3n) is 2.62. The molecule has 1 aliphatic heterocycles. The predicted molar refractivity (Wildman–Crippen MR) is 55.4 cm³/mol. The smallest absolute Gasteiger partial charge is 0.245 e. The fourth-order valence-electron chi connectivity index (χ4n) is 1.82. The highest BCUT2D eigenvalue weighted by atomic mass is 15.4. The number of nitrogens with zero attached hydrogens (tertiary/aromatic N) is 4. The minimum absolute atomic E-state index is 0.745. The molecule has 1 saturated heterocycles. The van der Waals surface area contributed by atoms with Crippen LogP contribution in [0.1, 0.15) is 12.8 Å². The van der Waals surface area contributed by atoms with E-state index in [-0.39, 0.29) is 0 Å². The van der Waals surface area contributed by atoms with Crippen LogP contribution in [0, 0.1) is 0 Å². The van der Waals surface area contributed by atoms with E-state index in [1.54, 1.807) is 6.20 Å². The van der Waals surface area contributed by atoms with Gasteiger partial charge in [-0.3, -0.25) is 10.2 Å². The summed E-state index contributed by atoms with van der Waals surface area (Å²) in [5, 5.41) is 13.8. The number of aromatic amines is 2. The van der Waals surface area contributed by atoms with E-state index >= 15 is 0 Å². The molecule has 78 valence electrons. The summed E-state index contributed by atoms with van der Waals surface area (Å²) in [6.45, 7) is 2.11. The highest BCUT2D eigenvalue weighted by Gasteiger charge is 2.17. The summed E-state index contributed by atoms with van der Waals surface area (Å²) in [7, 11) is 0. The quantitative estimate of drug-likeness (QED) is 0.758. The highest BCUT2D eigenvalue weighted by Crippen LogP contribution is 2.18. The van der Waals surface area contributed by atoms with E-state index in [1.165, 1.54) is 12.8 Å². The zero-order valence-electron chi connectivity index (χ0n) is 8.27. The Morgan fingerprint density at radius 2 is 2.07 bits per heavy atom. The average molecular weight is 204 g/mol. The van der Waals surface area contributed by atoms with Gasteiger partial charge in [0.2, 0.25) is 5.95 Å². The van der Waals surface area contributed by atoms with Crippen LogP contribution in [0.4, 0.5) is 5.95 Å². The Morgan fingerprint density at radius 1 is 1.20 bits per heavy atom. The van der Waals surface area contributed by atoms with Gasteiger partial charge in [0.05, 0.1) is 0 Å². The molecule has 0 aromatic carbocycles. The predicted octanol–water partition coefficient (Wildman–Crippen LogP) is 0.795. The summed E-state index contributed by atoms with van der Waals surface area (Å²) in [5.41, 5.74) is 0.868. The average Bonchev–Trinajstić information content (AvgIpc) is 3.02. The van der Waals surface area contributed by atoms with Crippen LogP contribution in [0.15, 0.2) is 12.3 Å². The largest absolute Gasteiger partial charge is 0.340 e. The minimum atomic E-state index is 0.745. The molecule has 0 amide bonds. The first-order valence-electron chi connectivity index (χ1n) is 5.10. The van der Waals surface area contributed by atoms with Crippen molar-refractivity contribution in [2.45, 2.75) is 12.8 Å². The maximum Gasteiger partial charge on any atom is 0.245 e. The summed E-state index contributed by atoms with van der Waals surface area (Å²) >= 11 is 0. The van der Waals surface area contributed by atoms with Crippen molar-refractivity contribution in [1.29, 1.82) is 0 Å². The van der Waals surface area contributed by atoms with Gasteiger partial charge in [0.25, 0.3) is 0 Å². The second-order valence-corrected chi connectivity index (χ2v) is 3.65. The van der Waals surface area contributed by atoms with Crippen LogP contribution < -0.4 is 4.90 Å². The lowest BCUT2D eigenvalue weighted by molar-refractivity contribution is 0.903. The van der Waals surface area contributed by atoms with E-state index in [2.05, 4.69) is 30.3 Å². The molecule has 0 radical (unpaired) electrons. The lowest BCUT2D eigenvalue weighted by atomic mass is 10.4. The molecule has 1 aliphatic rings. The van der Waals surface area contributed by atoms with Crippen molar-refractivity contribution < 1.29 is 0 Å². The fraction of sp³-hybridized carbons (Fsp3) is 0.444. The summed E-state index contributed by atoms with van der Waals surface area (Å²) < 4.78 is 0. The van der Waals surface area contributed by atoms with Crippen molar-refractivity contribution in [3.63, 3.8) is 0 Å². The molecule has 3 rings (SSSR count). The normalized spacial score (nSPS) is 16.1. The second kappa shape index (κ2) is 3.38. The Labute approximate surface area is 86.7 Å². The van der Waals surface area contributed by atoms with Crippen molar-refractivity contribution in [2.24, 2.45) is 0 Å². The van der Waals surface area contributed by atoms with Crippen molar-refractivity contribution in [2.75, 3.05) is 18.0 Å². The monoisotopic (exact) mass is 204 g/mol. The Balaban J connectivity index is 1.87. The first-order valence-corrected chi connectivity index (χ1v) is 5.10. The van der Waals surface area contributed by atoms with Crippen molar-refractivity contribution >= 4 is 5.95 Å². The zero-order chi connectivity index (χ0) is 10.1. The molecule has 0 unspecified atom stereocenters. The van der Waals surface area contributed by atoms with Crippen LogP contribution in [0.25, 0.3) is 11.5 Å². The molecular weight excluding hydrogens is 192 g/mol. The van der Waals surface area contributed by atoms with Gasteiger partial charge in [-0.2, -0.15) is 10.1 Å². The molecule has 0 bridgehead atoms. The first kappa shape index (κ1) is 8.46. The number of hydrogen-bond donors (Lipinski definition) is 2. The van der Waals surface area contributed by atoms with Gasteiger partial charge in [0.15, 0.2) is 5.82 Å². The molecule has 0 spiro atoms. The number of hydrogen-bond acceptors (Lipinski definition) is 4. The number of anilines is 1. The van der Waals surface area contributed by atoms with Gasteiger partial charge in [-0.25, -0.2) is 0 Å². The van der Waals surface area contributed by atoms with Crippen LogP contribution in [0.5, 0.6) is 0 Å². The molecular formula is C9H12N6. The zero-order valence-corrected chi connectivity index (χ0v) is 8.27. The van der Waals surface area contributed by atoms with Crippen molar-refractivity contribution in [3.05, 3.63) is 12.3 Å². The molecule has 6 nitrogen and oxygen atoms in total. The van der Waals surface area contributed by atoms with Crippen LogP contribution in [0.3, 0.4) is 0 Å². The standard InChI is InChI=1S/C9H12N6/c1-2-6-15(5-1)9-11-8(13-14-9)7-3-4-10-12-7/h3-4H,1-2,5-6H2,(H,10,12)(H,11,13,14). The molecule has 0 saturated carbocycles. The third-order valence-corrected chi connectivity index (χ3v) is 2.62. The molecule has 2 N–H and O–H groups in total. The number of nitrogens with one attached hydrogen (secondary N) is 2. The van der Waals surface area contributed by atoms with Gasteiger partial charge < -0.3 is 4.90 Å². The molecule has 2 aromatic heterocycles. The van der Waals surface area contributed by atoms with Gasteiger partial charge in [0.1, 0.15) is 5.69 Å². The summed E-state index contributed by atoms with van der Waals surface area (Å²) in [5.74, 6) is 1.53. The van der Waals surface area contributed by atoms with Crippen LogP contribution in [-0.4, -0.2) is 38.5 Å².